The highest BCUT2D eigenvalue weighted by molar-refractivity contribution is 4.03. The van der Waals surface area contributed by atoms with Crippen LogP contribution in [0.15, 0.2) is 0 Å². The molecular weight excluding hydrogens is 66.0 g/mol. The molecule has 5 heavy (non-hydrogen) atoms. The first-order chi connectivity index (χ1) is 2.41. The molecule has 0 aromatic heterocycles. The van der Waals surface area contributed by atoms with E-state index in [-0.39, 0.29) is 6.73 Å². The molecule has 0 aliphatic heterocycles. The highest BCUT2D eigenvalue weighted by atomic mass is 16.5. The van der Waals surface area contributed by atoms with Crippen molar-refractivity contribution in [2.75, 3.05) is 13.3 Å². The average Bonchev–Trinajstić information content (AvgIpc) is 1.41. The molecule has 0 atom stereocenters. The molecule has 0 bridgehead atoms. The van der Waals surface area contributed by atoms with E-state index in [1.165, 1.54) is 0 Å². The van der Waals surface area contributed by atoms with Gasteiger partial charge >= 0.3 is 0 Å². The van der Waals surface area contributed by atoms with Crippen LogP contribution in [0.4, 0.5) is 0 Å². The van der Waals surface area contributed by atoms with Gasteiger partial charge in [0.1, 0.15) is 6.73 Å². The van der Waals surface area contributed by atoms with Crippen molar-refractivity contribution in [3.05, 3.63) is 0 Å². The minimum atomic E-state index is -0.156. The molecule has 0 saturated heterocycles. The largest absolute Gasteiger partial charge is 0.363 e. The van der Waals surface area contributed by atoms with Crippen molar-refractivity contribution in [2.45, 2.75) is 6.92 Å². The summed E-state index contributed by atoms with van der Waals surface area (Å²) in [4.78, 5) is 0. The third kappa shape index (κ3) is 3.92. The summed E-state index contributed by atoms with van der Waals surface area (Å²) in [5, 5.41) is 0. The van der Waals surface area contributed by atoms with E-state index < -0.39 is 0 Å². The minimum Gasteiger partial charge on any atom is -0.363 e. The molecule has 0 saturated carbocycles. The lowest BCUT2D eigenvalue weighted by molar-refractivity contribution is 0.150. The zero-order valence-electron chi connectivity index (χ0n) is 3.27. The number of hydrogen-bond acceptors (Lipinski definition) is 1. The molecule has 0 aromatic rings. The molecule has 0 aliphatic rings. The molecule has 0 N–H and O–H groups in total. The second kappa shape index (κ2) is 3.92. The van der Waals surface area contributed by atoms with Crippen LogP contribution in [0.1, 0.15) is 6.92 Å². The van der Waals surface area contributed by atoms with Gasteiger partial charge in [-0.1, -0.05) is 0 Å². The summed E-state index contributed by atoms with van der Waals surface area (Å²) in [6.07, 6.45) is 0. The summed E-state index contributed by atoms with van der Waals surface area (Å²) < 4.78 is 4.39. The van der Waals surface area contributed by atoms with Gasteiger partial charge in [-0.25, -0.2) is 0 Å². The third-order valence-corrected chi connectivity index (χ3v) is 0.295. The van der Waals surface area contributed by atoms with Crippen LogP contribution in [-0.4, -0.2) is 13.3 Å². The van der Waals surface area contributed by atoms with Crippen molar-refractivity contribution in [3.8, 4) is 0 Å². The molecule has 0 spiro atoms. The second-order valence-electron chi connectivity index (χ2n) is 0.622. The normalized spacial score (nSPS) is 8.40. The topological polar surface area (TPSA) is 31.5 Å². The van der Waals surface area contributed by atoms with Gasteiger partial charge in [0, 0.05) is 6.61 Å². The van der Waals surface area contributed by atoms with Crippen molar-refractivity contribution < 1.29 is 4.74 Å². The van der Waals surface area contributed by atoms with Crippen LogP contribution in [0, 0.1) is 0 Å². The standard InChI is InChI=1S/C3H7NO/c1-2-5-3-4/h2-3H2,1H3. The van der Waals surface area contributed by atoms with Crippen LogP contribution in [0.25, 0.3) is 0 Å². The summed E-state index contributed by atoms with van der Waals surface area (Å²) in [5.41, 5.74) is 7.84. The van der Waals surface area contributed by atoms with E-state index in [2.05, 4.69) is 4.74 Å². The van der Waals surface area contributed by atoms with Crippen molar-refractivity contribution in [1.29, 1.82) is 0 Å². The zero-order chi connectivity index (χ0) is 4.12. The maximum atomic E-state index is 7.84. The van der Waals surface area contributed by atoms with Gasteiger partial charge < -0.3 is 4.74 Å². The van der Waals surface area contributed by atoms with Gasteiger partial charge in [-0.3, -0.25) is 0 Å². The summed E-state index contributed by atoms with van der Waals surface area (Å²) in [5.74, 6) is 0. The van der Waals surface area contributed by atoms with Crippen molar-refractivity contribution in [2.24, 2.45) is 0 Å². The van der Waals surface area contributed by atoms with Crippen LogP contribution in [0.2, 0.25) is 0 Å². The van der Waals surface area contributed by atoms with Crippen molar-refractivity contribution in [3.63, 3.8) is 0 Å². The fraction of sp³-hybridized carbons (Fsp3) is 1.00. The maximum absolute atomic E-state index is 7.84. The number of nitrogens with zero attached hydrogens (tertiary/aromatic N) is 1. The fourth-order valence-corrected chi connectivity index (χ4v) is 0.0913. The van der Waals surface area contributed by atoms with Gasteiger partial charge in [-0.05, 0) is 6.92 Å². The van der Waals surface area contributed by atoms with E-state index in [1.807, 2.05) is 6.92 Å². The van der Waals surface area contributed by atoms with Crippen molar-refractivity contribution >= 4 is 0 Å². The molecule has 0 heterocycles. The molecule has 0 aliphatic carbocycles. The predicted molar refractivity (Wildman–Crippen MR) is 18.6 cm³/mol. The Balaban J connectivity index is 2.19. The second-order valence-corrected chi connectivity index (χ2v) is 0.622. The van der Waals surface area contributed by atoms with E-state index in [4.69, 9.17) is 5.73 Å². The van der Waals surface area contributed by atoms with Gasteiger partial charge in [0.2, 0.25) is 0 Å². The summed E-state index contributed by atoms with van der Waals surface area (Å²) >= 11 is 0. The minimum absolute atomic E-state index is 0.156. The van der Waals surface area contributed by atoms with Crippen LogP contribution in [-0.2, 0) is 4.74 Å². The average molecular weight is 73.1 g/mol. The lowest BCUT2D eigenvalue weighted by atomic mass is 10.9. The smallest absolute Gasteiger partial charge is 0.130 e. The molecule has 0 amide bonds. The number of ether oxygens (including phenoxy) is 1. The number of hydrogen-bond donors (Lipinski definition) is 0. The Morgan fingerprint density at radius 1 is 1.80 bits per heavy atom. The highest BCUT2D eigenvalue weighted by Crippen LogP contribution is 1.60. The molecule has 30 valence electrons. The molecule has 0 unspecified atom stereocenters. The first-order valence-corrected chi connectivity index (χ1v) is 1.60. The molecule has 0 fully saturated rings. The van der Waals surface area contributed by atoms with E-state index in [0.717, 1.165) is 0 Å². The zero-order valence-corrected chi connectivity index (χ0v) is 3.27. The Kier molecular flexibility index (Phi) is 3.86. The summed E-state index contributed by atoms with van der Waals surface area (Å²) in [6.45, 7) is 2.27. The molecule has 0 aromatic carbocycles. The molecule has 2 nitrogen and oxygen atoms in total. The highest BCUT2D eigenvalue weighted by Gasteiger charge is 1.66. The predicted octanol–water partition coefficient (Wildman–Crippen LogP) is 0.0491. The Bertz CT molecular complexity index is 14.4. The number of rotatable bonds is 2. The first-order valence-electron chi connectivity index (χ1n) is 1.60. The SMILES string of the molecule is CCOC[N]. The lowest BCUT2D eigenvalue weighted by Gasteiger charge is -1.84. The fourth-order valence-electron chi connectivity index (χ4n) is 0.0913. The first kappa shape index (κ1) is 4.92. The molecule has 0 rings (SSSR count). The van der Waals surface area contributed by atoms with Crippen LogP contribution in [0.5, 0.6) is 0 Å². The van der Waals surface area contributed by atoms with Crippen molar-refractivity contribution in [1.82, 2.24) is 5.73 Å². The summed E-state index contributed by atoms with van der Waals surface area (Å²) in [7, 11) is 0. The Hall–Kier alpha value is -0.0800. The Labute approximate surface area is 31.9 Å². The molecular formula is C3H7NO. The summed E-state index contributed by atoms with van der Waals surface area (Å²) in [6, 6.07) is 0. The Morgan fingerprint density at radius 3 is 2.40 bits per heavy atom. The third-order valence-electron chi connectivity index (χ3n) is 0.295. The van der Waals surface area contributed by atoms with Gasteiger partial charge in [-0.15, -0.1) is 5.73 Å². The van der Waals surface area contributed by atoms with Gasteiger partial charge in [0.05, 0.1) is 0 Å². The maximum Gasteiger partial charge on any atom is 0.130 e. The van der Waals surface area contributed by atoms with Gasteiger partial charge in [0.25, 0.3) is 0 Å². The quantitative estimate of drug-likeness (QED) is 0.454. The van der Waals surface area contributed by atoms with E-state index >= 15 is 0 Å². The van der Waals surface area contributed by atoms with E-state index in [1.54, 1.807) is 0 Å². The van der Waals surface area contributed by atoms with E-state index in [0.29, 0.717) is 6.61 Å². The lowest BCUT2D eigenvalue weighted by Crippen LogP contribution is -1.90. The van der Waals surface area contributed by atoms with Crippen LogP contribution in [0.3, 0.4) is 0 Å². The van der Waals surface area contributed by atoms with Gasteiger partial charge in [-0.2, -0.15) is 0 Å². The molecule has 2 heteroatoms. The van der Waals surface area contributed by atoms with Crippen LogP contribution >= 0.6 is 0 Å². The van der Waals surface area contributed by atoms with Gasteiger partial charge in [0.15, 0.2) is 0 Å². The monoisotopic (exact) mass is 73.1 g/mol. The van der Waals surface area contributed by atoms with Crippen LogP contribution < -0.4 is 5.73 Å². The van der Waals surface area contributed by atoms with E-state index in [9.17, 15) is 0 Å². The Morgan fingerprint density at radius 2 is 2.40 bits per heavy atom. The molecule has 2 radical (unpaired) electrons.